The third-order valence-corrected chi connectivity index (χ3v) is 5.25. The summed E-state index contributed by atoms with van der Waals surface area (Å²) in [5, 5.41) is 3.44. The van der Waals surface area contributed by atoms with Crippen LogP contribution in [0, 0.1) is 6.92 Å². The molecule has 3 aromatic rings. The lowest BCUT2D eigenvalue weighted by molar-refractivity contribution is -0.126. The van der Waals surface area contributed by atoms with Crippen LogP contribution in [0.5, 0.6) is 0 Å². The van der Waals surface area contributed by atoms with E-state index >= 15 is 0 Å². The predicted molar refractivity (Wildman–Crippen MR) is 110 cm³/mol. The molecule has 1 aliphatic heterocycles. The SMILES string of the molecule is Cc1cccc2[nH]c(CCC(=O)NC3CCN(c4cccc(Cl)c4)C3=O)nc12. The van der Waals surface area contributed by atoms with Gasteiger partial charge in [0.05, 0.1) is 11.0 Å². The van der Waals surface area contributed by atoms with Crippen LogP contribution >= 0.6 is 11.6 Å². The van der Waals surface area contributed by atoms with Gasteiger partial charge in [-0.3, -0.25) is 9.59 Å². The number of aromatic amines is 1. The van der Waals surface area contributed by atoms with Crippen molar-refractivity contribution >= 4 is 40.1 Å². The van der Waals surface area contributed by atoms with Gasteiger partial charge < -0.3 is 15.2 Å². The Morgan fingerprint density at radius 2 is 2.14 bits per heavy atom. The summed E-state index contributed by atoms with van der Waals surface area (Å²) in [7, 11) is 0. The number of benzene rings is 2. The molecular formula is C21H21ClN4O2. The third kappa shape index (κ3) is 3.73. The molecule has 4 rings (SSSR count). The van der Waals surface area contributed by atoms with Gasteiger partial charge in [0.2, 0.25) is 11.8 Å². The highest BCUT2D eigenvalue weighted by Crippen LogP contribution is 2.24. The van der Waals surface area contributed by atoms with Crippen LogP contribution < -0.4 is 10.2 Å². The van der Waals surface area contributed by atoms with Gasteiger partial charge in [-0.2, -0.15) is 0 Å². The second kappa shape index (κ2) is 7.64. The van der Waals surface area contributed by atoms with Gasteiger partial charge in [-0.05, 0) is 43.2 Å². The fourth-order valence-electron chi connectivity index (χ4n) is 3.56. The summed E-state index contributed by atoms with van der Waals surface area (Å²) >= 11 is 6.01. The van der Waals surface area contributed by atoms with Crippen LogP contribution in [0.1, 0.15) is 24.2 Å². The number of hydrogen-bond donors (Lipinski definition) is 2. The van der Waals surface area contributed by atoms with Gasteiger partial charge in [-0.15, -0.1) is 0 Å². The second-order valence-electron chi connectivity index (χ2n) is 7.03. The van der Waals surface area contributed by atoms with Crippen LogP contribution in [0.4, 0.5) is 5.69 Å². The van der Waals surface area contributed by atoms with Gasteiger partial charge in [0.1, 0.15) is 11.9 Å². The van der Waals surface area contributed by atoms with E-state index < -0.39 is 6.04 Å². The zero-order chi connectivity index (χ0) is 19.7. The van der Waals surface area contributed by atoms with Crippen molar-refractivity contribution < 1.29 is 9.59 Å². The van der Waals surface area contributed by atoms with Gasteiger partial charge in [-0.25, -0.2) is 4.98 Å². The molecule has 1 aliphatic rings. The van der Waals surface area contributed by atoms with Crippen molar-refractivity contribution in [3.05, 3.63) is 58.9 Å². The summed E-state index contributed by atoms with van der Waals surface area (Å²) in [5.41, 5.74) is 3.76. The van der Waals surface area contributed by atoms with Crippen LogP contribution in [0.3, 0.4) is 0 Å². The van der Waals surface area contributed by atoms with E-state index in [2.05, 4.69) is 15.3 Å². The first-order valence-corrected chi connectivity index (χ1v) is 9.69. The molecular weight excluding hydrogens is 376 g/mol. The van der Waals surface area contributed by atoms with E-state index in [4.69, 9.17) is 11.6 Å². The number of fused-ring (bicyclic) bond motifs is 1. The summed E-state index contributed by atoms with van der Waals surface area (Å²) < 4.78 is 0. The lowest BCUT2D eigenvalue weighted by Crippen LogP contribution is -2.41. The van der Waals surface area contributed by atoms with Crippen molar-refractivity contribution in [3.8, 4) is 0 Å². The fraction of sp³-hybridized carbons (Fsp3) is 0.286. The van der Waals surface area contributed by atoms with Crippen LogP contribution in [-0.4, -0.2) is 34.4 Å². The maximum Gasteiger partial charge on any atom is 0.249 e. The lowest BCUT2D eigenvalue weighted by Gasteiger charge is -2.17. The highest BCUT2D eigenvalue weighted by Gasteiger charge is 2.33. The summed E-state index contributed by atoms with van der Waals surface area (Å²) in [4.78, 5) is 34.5. The van der Waals surface area contributed by atoms with E-state index in [0.717, 1.165) is 28.1 Å². The summed E-state index contributed by atoms with van der Waals surface area (Å²) in [6, 6.07) is 12.6. The average Bonchev–Trinajstić information content (AvgIpc) is 3.25. The minimum atomic E-state index is -0.496. The number of rotatable bonds is 5. The molecule has 1 fully saturated rings. The molecule has 0 aliphatic carbocycles. The quantitative estimate of drug-likeness (QED) is 0.694. The van der Waals surface area contributed by atoms with Crippen LogP contribution in [0.15, 0.2) is 42.5 Å². The van der Waals surface area contributed by atoms with Gasteiger partial charge in [-0.1, -0.05) is 29.8 Å². The molecule has 2 heterocycles. The Morgan fingerprint density at radius 3 is 2.93 bits per heavy atom. The number of carbonyl (C=O) groups excluding carboxylic acids is 2. The highest BCUT2D eigenvalue weighted by molar-refractivity contribution is 6.31. The number of para-hydroxylation sites is 1. The van der Waals surface area contributed by atoms with E-state index in [9.17, 15) is 9.59 Å². The third-order valence-electron chi connectivity index (χ3n) is 5.01. The zero-order valence-electron chi connectivity index (χ0n) is 15.5. The fourth-order valence-corrected chi connectivity index (χ4v) is 3.74. The Balaban J connectivity index is 1.35. The van der Waals surface area contributed by atoms with Crippen LogP contribution in [-0.2, 0) is 16.0 Å². The maximum atomic E-state index is 12.6. The number of anilines is 1. The molecule has 0 radical (unpaired) electrons. The monoisotopic (exact) mass is 396 g/mol. The number of amides is 2. The average molecular weight is 397 g/mol. The molecule has 1 aromatic heterocycles. The molecule has 2 aromatic carbocycles. The standard InChI is InChI=1S/C21H21ClN4O2/c1-13-4-2-7-16-20(13)25-18(23-16)8-9-19(27)24-17-10-11-26(21(17)28)15-6-3-5-14(22)12-15/h2-7,12,17H,8-11H2,1H3,(H,23,25)(H,24,27). The number of nitrogens with one attached hydrogen (secondary N) is 2. The van der Waals surface area contributed by atoms with Crippen molar-refractivity contribution in [2.75, 3.05) is 11.4 Å². The molecule has 7 heteroatoms. The molecule has 1 atom stereocenters. The number of aryl methyl sites for hydroxylation is 2. The Labute approximate surface area is 167 Å². The maximum absolute atomic E-state index is 12.6. The van der Waals surface area contributed by atoms with Crippen molar-refractivity contribution in [3.63, 3.8) is 0 Å². The molecule has 0 bridgehead atoms. The van der Waals surface area contributed by atoms with Gasteiger partial charge in [0.25, 0.3) is 0 Å². The molecule has 0 spiro atoms. The van der Waals surface area contributed by atoms with E-state index in [0.29, 0.717) is 24.4 Å². The number of hydrogen-bond acceptors (Lipinski definition) is 3. The molecule has 2 amide bonds. The van der Waals surface area contributed by atoms with E-state index in [1.807, 2.05) is 37.3 Å². The number of aromatic nitrogens is 2. The first kappa shape index (κ1) is 18.5. The van der Waals surface area contributed by atoms with Gasteiger partial charge in [0.15, 0.2) is 0 Å². The Bertz CT molecular complexity index is 1050. The Morgan fingerprint density at radius 1 is 1.32 bits per heavy atom. The number of nitrogens with zero attached hydrogens (tertiary/aromatic N) is 2. The molecule has 6 nitrogen and oxygen atoms in total. The number of H-pyrrole nitrogens is 1. The zero-order valence-corrected chi connectivity index (χ0v) is 16.3. The van der Waals surface area contributed by atoms with Crippen molar-refractivity contribution in [2.45, 2.75) is 32.2 Å². The first-order valence-electron chi connectivity index (χ1n) is 9.32. The highest BCUT2D eigenvalue weighted by atomic mass is 35.5. The van der Waals surface area contributed by atoms with Crippen molar-refractivity contribution in [2.24, 2.45) is 0 Å². The largest absolute Gasteiger partial charge is 0.344 e. The topological polar surface area (TPSA) is 78.1 Å². The minimum Gasteiger partial charge on any atom is -0.344 e. The minimum absolute atomic E-state index is 0.102. The smallest absolute Gasteiger partial charge is 0.249 e. The Hall–Kier alpha value is -2.86. The molecule has 0 saturated carbocycles. The number of halogens is 1. The molecule has 2 N–H and O–H groups in total. The van der Waals surface area contributed by atoms with E-state index in [1.54, 1.807) is 17.0 Å². The van der Waals surface area contributed by atoms with Crippen molar-refractivity contribution in [1.82, 2.24) is 15.3 Å². The lowest BCUT2D eigenvalue weighted by atomic mass is 10.2. The van der Waals surface area contributed by atoms with Crippen molar-refractivity contribution in [1.29, 1.82) is 0 Å². The normalized spacial score (nSPS) is 16.7. The molecule has 1 saturated heterocycles. The summed E-state index contributed by atoms with van der Waals surface area (Å²) in [5.74, 6) is 0.524. The Kier molecular flexibility index (Phi) is 5.05. The number of carbonyl (C=O) groups is 2. The van der Waals surface area contributed by atoms with Crippen LogP contribution in [0.25, 0.3) is 11.0 Å². The molecule has 1 unspecified atom stereocenters. The predicted octanol–water partition coefficient (Wildman–Crippen LogP) is 3.38. The van der Waals surface area contributed by atoms with Gasteiger partial charge in [0, 0.05) is 30.1 Å². The number of imidazole rings is 1. The molecule has 144 valence electrons. The summed E-state index contributed by atoms with van der Waals surface area (Å²) in [6.45, 7) is 2.57. The van der Waals surface area contributed by atoms with E-state index in [1.165, 1.54) is 0 Å². The van der Waals surface area contributed by atoms with Gasteiger partial charge >= 0.3 is 0 Å². The van der Waals surface area contributed by atoms with E-state index in [-0.39, 0.29) is 18.2 Å². The second-order valence-corrected chi connectivity index (χ2v) is 7.47. The van der Waals surface area contributed by atoms with Crippen LogP contribution in [0.2, 0.25) is 5.02 Å². The first-order chi connectivity index (χ1) is 13.5. The summed E-state index contributed by atoms with van der Waals surface area (Å²) in [6.07, 6.45) is 1.36. The molecule has 28 heavy (non-hydrogen) atoms.